The number of ether oxygens (including phenoxy) is 1. The van der Waals surface area contributed by atoms with Crippen molar-refractivity contribution in [1.82, 2.24) is 4.31 Å². The summed E-state index contributed by atoms with van der Waals surface area (Å²) in [6, 6.07) is 6.32. The molecule has 1 aromatic rings. The Labute approximate surface area is 116 Å². The molecule has 0 atom stereocenters. The van der Waals surface area contributed by atoms with E-state index in [4.69, 9.17) is 21.6 Å². The van der Waals surface area contributed by atoms with Crippen molar-refractivity contribution < 1.29 is 13.2 Å². The molecule has 0 aliphatic carbocycles. The number of anilines is 1. The van der Waals surface area contributed by atoms with E-state index in [1.54, 1.807) is 0 Å². The fraction of sp³-hybridized carbons (Fsp3) is 0.364. The molecule has 0 radical (unpaired) electrons. The maximum atomic E-state index is 12.1. The topological polar surface area (TPSA) is 82.4 Å². The second-order valence-electron chi connectivity index (χ2n) is 3.92. The van der Waals surface area contributed by atoms with Crippen LogP contribution in [0.2, 0.25) is 5.02 Å². The molecule has 1 saturated heterocycles. The number of hydrogen-bond acceptors (Lipinski definition) is 4. The van der Waals surface area contributed by atoms with E-state index in [0.29, 0.717) is 31.9 Å². The molecular formula is C11H12ClN3O3S. The van der Waals surface area contributed by atoms with Crippen LogP contribution in [0.3, 0.4) is 0 Å². The third-order valence-electron chi connectivity index (χ3n) is 2.65. The number of hydrogen-bond donors (Lipinski definition) is 1. The molecule has 2 rings (SSSR count). The summed E-state index contributed by atoms with van der Waals surface area (Å²) in [7, 11) is -3.64. The van der Waals surface area contributed by atoms with Crippen LogP contribution in [0.15, 0.2) is 18.2 Å². The number of halogens is 1. The molecule has 19 heavy (non-hydrogen) atoms. The Morgan fingerprint density at radius 1 is 1.37 bits per heavy atom. The second-order valence-corrected chi connectivity index (χ2v) is 6.00. The van der Waals surface area contributed by atoms with E-state index in [1.807, 2.05) is 6.07 Å². The van der Waals surface area contributed by atoms with Gasteiger partial charge in [0.2, 0.25) is 0 Å². The van der Waals surface area contributed by atoms with Gasteiger partial charge in [0.05, 0.1) is 35.6 Å². The Balaban J connectivity index is 2.18. The molecular weight excluding hydrogens is 290 g/mol. The number of benzene rings is 1. The van der Waals surface area contributed by atoms with Gasteiger partial charge in [-0.15, -0.1) is 0 Å². The highest BCUT2D eigenvalue weighted by atomic mass is 35.5. The molecule has 8 heteroatoms. The van der Waals surface area contributed by atoms with E-state index in [-0.39, 0.29) is 10.7 Å². The molecule has 6 nitrogen and oxygen atoms in total. The third-order valence-corrected chi connectivity index (χ3v) is 4.48. The first kappa shape index (κ1) is 14.1. The van der Waals surface area contributed by atoms with Crippen LogP contribution in [0.4, 0.5) is 5.69 Å². The molecule has 0 saturated carbocycles. The highest BCUT2D eigenvalue weighted by Gasteiger charge is 2.24. The smallest absolute Gasteiger partial charge is 0.301 e. The maximum absolute atomic E-state index is 12.1. The molecule has 102 valence electrons. The Kier molecular flexibility index (Phi) is 4.27. The average Bonchev–Trinajstić information content (AvgIpc) is 2.42. The van der Waals surface area contributed by atoms with Gasteiger partial charge in [-0.3, -0.25) is 4.72 Å². The van der Waals surface area contributed by atoms with Gasteiger partial charge in [0.1, 0.15) is 0 Å². The van der Waals surface area contributed by atoms with Crippen molar-refractivity contribution in [1.29, 1.82) is 5.26 Å². The van der Waals surface area contributed by atoms with Crippen LogP contribution in [0.1, 0.15) is 5.56 Å². The lowest BCUT2D eigenvalue weighted by atomic mass is 10.2. The van der Waals surface area contributed by atoms with Gasteiger partial charge in [-0.1, -0.05) is 11.6 Å². The largest absolute Gasteiger partial charge is 0.379 e. The zero-order valence-electron chi connectivity index (χ0n) is 9.97. The Bertz CT molecular complexity index is 606. The Hall–Kier alpha value is -1.33. The summed E-state index contributed by atoms with van der Waals surface area (Å²) in [4.78, 5) is 0. The first-order valence-corrected chi connectivity index (χ1v) is 7.40. The molecule has 1 aromatic carbocycles. The van der Waals surface area contributed by atoms with Gasteiger partial charge >= 0.3 is 10.2 Å². The molecule has 1 fully saturated rings. The Morgan fingerprint density at radius 2 is 2.05 bits per heavy atom. The molecule has 0 amide bonds. The van der Waals surface area contributed by atoms with Crippen LogP contribution in [-0.4, -0.2) is 39.0 Å². The SMILES string of the molecule is N#Cc1ccc(NS(=O)(=O)N2CCOCC2)c(Cl)c1. The highest BCUT2D eigenvalue weighted by Crippen LogP contribution is 2.24. The fourth-order valence-electron chi connectivity index (χ4n) is 1.66. The second kappa shape index (κ2) is 5.75. The van der Waals surface area contributed by atoms with E-state index >= 15 is 0 Å². The third kappa shape index (κ3) is 3.36. The average molecular weight is 302 g/mol. The lowest BCUT2D eigenvalue weighted by Gasteiger charge is -2.26. The van der Waals surface area contributed by atoms with E-state index < -0.39 is 10.2 Å². The number of morpholine rings is 1. The number of nitrogens with one attached hydrogen (secondary N) is 1. The minimum Gasteiger partial charge on any atom is -0.379 e. The minimum absolute atomic E-state index is 0.191. The monoisotopic (exact) mass is 301 g/mol. The van der Waals surface area contributed by atoms with Crippen molar-refractivity contribution in [3.05, 3.63) is 28.8 Å². The quantitative estimate of drug-likeness (QED) is 0.909. The van der Waals surface area contributed by atoms with Crippen LogP contribution < -0.4 is 4.72 Å². The van der Waals surface area contributed by atoms with E-state index in [9.17, 15) is 8.42 Å². The molecule has 0 bridgehead atoms. The first-order chi connectivity index (χ1) is 9.03. The predicted molar refractivity (Wildman–Crippen MR) is 71.1 cm³/mol. The normalized spacial score (nSPS) is 16.8. The summed E-state index contributed by atoms with van der Waals surface area (Å²) in [5, 5.41) is 8.91. The standard InChI is InChI=1S/C11H12ClN3O3S/c12-10-7-9(8-13)1-2-11(10)14-19(16,17)15-3-5-18-6-4-15/h1-2,7,14H,3-6H2. The summed E-state index contributed by atoms with van der Waals surface area (Å²) in [6.45, 7) is 1.37. The minimum atomic E-state index is -3.64. The summed E-state index contributed by atoms with van der Waals surface area (Å²) >= 11 is 5.93. The molecule has 0 aromatic heterocycles. The first-order valence-electron chi connectivity index (χ1n) is 5.58. The predicted octanol–water partition coefficient (Wildman–Crippen LogP) is 1.20. The van der Waals surface area contributed by atoms with Crippen molar-refractivity contribution in [2.24, 2.45) is 0 Å². The van der Waals surface area contributed by atoms with E-state index in [2.05, 4.69) is 4.72 Å². The van der Waals surface area contributed by atoms with Crippen molar-refractivity contribution >= 4 is 27.5 Å². The van der Waals surface area contributed by atoms with Crippen LogP contribution >= 0.6 is 11.6 Å². The van der Waals surface area contributed by atoms with Crippen LogP contribution in [0.5, 0.6) is 0 Å². The molecule has 1 heterocycles. The van der Waals surface area contributed by atoms with E-state index in [0.717, 1.165) is 0 Å². The van der Waals surface area contributed by atoms with Crippen LogP contribution in [0.25, 0.3) is 0 Å². The molecule has 1 aliphatic heterocycles. The van der Waals surface area contributed by atoms with Crippen LogP contribution in [0, 0.1) is 11.3 Å². The highest BCUT2D eigenvalue weighted by molar-refractivity contribution is 7.90. The summed E-state index contributed by atoms with van der Waals surface area (Å²) < 4.78 is 33.0. The van der Waals surface area contributed by atoms with Gasteiger partial charge < -0.3 is 4.74 Å². The number of rotatable bonds is 3. The van der Waals surface area contributed by atoms with Crippen molar-refractivity contribution in [3.8, 4) is 6.07 Å². The molecule has 1 aliphatic rings. The maximum Gasteiger partial charge on any atom is 0.301 e. The summed E-state index contributed by atoms with van der Waals surface area (Å²) in [5.41, 5.74) is 0.631. The van der Waals surface area contributed by atoms with Crippen molar-refractivity contribution in [2.75, 3.05) is 31.0 Å². The van der Waals surface area contributed by atoms with Gasteiger partial charge in [0, 0.05) is 13.1 Å². The zero-order chi connectivity index (χ0) is 13.9. The number of nitrogens with zero attached hydrogens (tertiary/aromatic N) is 2. The summed E-state index contributed by atoms with van der Waals surface area (Å²) in [5.74, 6) is 0. The Morgan fingerprint density at radius 3 is 2.63 bits per heavy atom. The molecule has 1 N–H and O–H groups in total. The van der Waals surface area contributed by atoms with Gasteiger partial charge in [-0.25, -0.2) is 0 Å². The molecule has 0 spiro atoms. The van der Waals surface area contributed by atoms with E-state index in [1.165, 1.54) is 22.5 Å². The fourth-order valence-corrected chi connectivity index (χ4v) is 3.16. The van der Waals surface area contributed by atoms with Crippen molar-refractivity contribution in [2.45, 2.75) is 0 Å². The lowest BCUT2D eigenvalue weighted by molar-refractivity contribution is 0.0733. The van der Waals surface area contributed by atoms with Gasteiger partial charge in [-0.05, 0) is 18.2 Å². The van der Waals surface area contributed by atoms with Gasteiger partial charge in [-0.2, -0.15) is 18.0 Å². The van der Waals surface area contributed by atoms with Gasteiger partial charge in [0.25, 0.3) is 0 Å². The summed E-state index contributed by atoms with van der Waals surface area (Å²) in [6.07, 6.45) is 0. The lowest BCUT2D eigenvalue weighted by Crippen LogP contribution is -2.43. The van der Waals surface area contributed by atoms with Crippen molar-refractivity contribution in [3.63, 3.8) is 0 Å². The van der Waals surface area contributed by atoms with Gasteiger partial charge in [0.15, 0.2) is 0 Å². The zero-order valence-corrected chi connectivity index (χ0v) is 11.5. The van der Waals surface area contributed by atoms with Crippen LogP contribution in [-0.2, 0) is 14.9 Å². The number of nitriles is 1. The molecule has 0 unspecified atom stereocenters.